The van der Waals surface area contributed by atoms with Crippen molar-refractivity contribution in [3.05, 3.63) is 21.4 Å². The molecule has 0 atom stereocenters. The highest BCUT2D eigenvalue weighted by atomic mass is 32.1. The molecular weight excluding hydrogens is 216 g/mol. The smallest absolute Gasteiger partial charge is 0.173 e. The third-order valence-electron chi connectivity index (χ3n) is 3.65. The van der Waals surface area contributed by atoms with E-state index >= 15 is 0 Å². The maximum atomic E-state index is 12.1. The van der Waals surface area contributed by atoms with Gasteiger partial charge in [0.1, 0.15) is 0 Å². The summed E-state index contributed by atoms with van der Waals surface area (Å²) in [7, 11) is 0. The summed E-state index contributed by atoms with van der Waals surface area (Å²) < 4.78 is 0. The number of ketones is 1. The molecule has 0 unspecified atom stereocenters. The Morgan fingerprint density at radius 2 is 2.12 bits per heavy atom. The lowest BCUT2D eigenvalue weighted by molar-refractivity contribution is 0.0962. The molecule has 88 valence electrons. The van der Waals surface area contributed by atoms with E-state index in [1.807, 2.05) is 0 Å². The number of hydrogen-bond acceptors (Lipinski definition) is 2. The fourth-order valence-corrected chi connectivity index (χ4v) is 3.61. The Kier molecular flexibility index (Phi) is 3.80. The lowest BCUT2D eigenvalue weighted by Gasteiger charge is -2.09. The van der Waals surface area contributed by atoms with Gasteiger partial charge in [0.15, 0.2) is 5.78 Å². The predicted octanol–water partition coefficient (Wildman–Crippen LogP) is 4.25. The summed E-state index contributed by atoms with van der Waals surface area (Å²) in [6.07, 6.45) is 6.64. The van der Waals surface area contributed by atoms with E-state index in [1.54, 1.807) is 11.3 Å². The van der Waals surface area contributed by atoms with Crippen molar-refractivity contribution in [1.82, 2.24) is 0 Å². The molecule has 0 aliphatic heterocycles. The molecule has 2 heteroatoms. The summed E-state index contributed by atoms with van der Waals surface area (Å²) in [6, 6.07) is 2.15. The van der Waals surface area contributed by atoms with Crippen molar-refractivity contribution in [1.29, 1.82) is 0 Å². The van der Waals surface area contributed by atoms with E-state index < -0.39 is 0 Å². The number of aryl methyl sites for hydroxylation is 2. The van der Waals surface area contributed by atoms with Crippen LogP contribution in [0.1, 0.15) is 59.6 Å². The lowest BCUT2D eigenvalue weighted by Crippen LogP contribution is -2.06. The molecule has 0 N–H and O–H groups in total. The summed E-state index contributed by atoms with van der Waals surface area (Å²) in [5.74, 6) is 0.942. The molecule has 1 aliphatic carbocycles. The normalized spacial score (nSPS) is 14.4. The first-order valence-corrected chi connectivity index (χ1v) is 7.21. The fourth-order valence-electron chi connectivity index (χ4n) is 2.41. The molecule has 16 heavy (non-hydrogen) atoms. The minimum atomic E-state index is 0.369. The standard InChI is InChI=1S/C14H20OS/c1-3-10(4-2)8-12(15)14-9-11-6-5-7-13(11)16-14/h9-10H,3-8H2,1-2H3. The van der Waals surface area contributed by atoms with Crippen LogP contribution in [0.4, 0.5) is 0 Å². The average molecular weight is 236 g/mol. The van der Waals surface area contributed by atoms with Gasteiger partial charge in [-0.2, -0.15) is 0 Å². The van der Waals surface area contributed by atoms with E-state index in [0.29, 0.717) is 11.7 Å². The zero-order chi connectivity index (χ0) is 11.5. The van der Waals surface area contributed by atoms with Gasteiger partial charge in [0.05, 0.1) is 4.88 Å². The number of rotatable bonds is 5. The Labute approximate surface area is 102 Å². The van der Waals surface area contributed by atoms with E-state index in [-0.39, 0.29) is 0 Å². The van der Waals surface area contributed by atoms with Gasteiger partial charge in [0.2, 0.25) is 0 Å². The van der Waals surface area contributed by atoms with Crippen LogP contribution in [0.15, 0.2) is 6.07 Å². The van der Waals surface area contributed by atoms with Crippen LogP contribution < -0.4 is 0 Å². The van der Waals surface area contributed by atoms with Gasteiger partial charge in [-0.3, -0.25) is 4.79 Å². The largest absolute Gasteiger partial charge is 0.293 e. The van der Waals surface area contributed by atoms with Crippen LogP contribution in [0.3, 0.4) is 0 Å². The minimum Gasteiger partial charge on any atom is -0.293 e. The molecule has 1 heterocycles. The van der Waals surface area contributed by atoms with Crippen LogP contribution in [0.25, 0.3) is 0 Å². The monoisotopic (exact) mass is 236 g/mol. The van der Waals surface area contributed by atoms with Crippen molar-refractivity contribution < 1.29 is 4.79 Å². The molecule has 1 aromatic heterocycles. The molecule has 0 saturated carbocycles. The van der Waals surface area contributed by atoms with E-state index in [4.69, 9.17) is 0 Å². The number of thiophene rings is 1. The van der Waals surface area contributed by atoms with Crippen molar-refractivity contribution in [2.45, 2.75) is 52.4 Å². The fraction of sp³-hybridized carbons (Fsp3) is 0.643. The number of carbonyl (C=O) groups is 1. The maximum absolute atomic E-state index is 12.1. The van der Waals surface area contributed by atoms with Gasteiger partial charge in [0, 0.05) is 11.3 Å². The second-order valence-corrected chi connectivity index (χ2v) is 5.86. The van der Waals surface area contributed by atoms with Crippen LogP contribution in [-0.4, -0.2) is 5.78 Å². The van der Waals surface area contributed by atoms with Gasteiger partial charge in [-0.1, -0.05) is 26.7 Å². The predicted molar refractivity (Wildman–Crippen MR) is 69.4 cm³/mol. The zero-order valence-electron chi connectivity index (χ0n) is 10.2. The highest BCUT2D eigenvalue weighted by Gasteiger charge is 2.19. The highest BCUT2D eigenvalue weighted by Crippen LogP contribution is 2.32. The molecule has 1 aromatic rings. The first-order valence-electron chi connectivity index (χ1n) is 6.39. The van der Waals surface area contributed by atoms with Crippen LogP contribution in [0.5, 0.6) is 0 Å². The molecule has 0 aromatic carbocycles. The second-order valence-electron chi connectivity index (χ2n) is 4.72. The first kappa shape index (κ1) is 11.8. The number of fused-ring (bicyclic) bond motifs is 1. The third kappa shape index (κ3) is 2.37. The van der Waals surface area contributed by atoms with Crippen LogP contribution in [-0.2, 0) is 12.8 Å². The number of Topliss-reactive ketones (excluding diaryl/α,β-unsaturated/α-hetero) is 1. The molecular formula is C14H20OS. The molecule has 1 nitrogen and oxygen atoms in total. The van der Waals surface area contributed by atoms with Crippen molar-refractivity contribution >= 4 is 17.1 Å². The SMILES string of the molecule is CCC(CC)CC(=O)c1cc2c(s1)CCC2. The van der Waals surface area contributed by atoms with Gasteiger partial charge in [-0.25, -0.2) is 0 Å². The molecule has 1 aliphatic rings. The molecule has 0 saturated heterocycles. The maximum Gasteiger partial charge on any atom is 0.173 e. The minimum absolute atomic E-state index is 0.369. The van der Waals surface area contributed by atoms with E-state index in [1.165, 1.54) is 29.7 Å². The Bertz CT molecular complexity index is 353. The Balaban J connectivity index is 2.03. The molecule has 0 bridgehead atoms. The topological polar surface area (TPSA) is 17.1 Å². The zero-order valence-corrected chi connectivity index (χ0v) is 11.0. The van der Waals surface area contributed by atoms with Crippen LogP contribution in [0, 0.1) is 5.92 Å². The summed E-state index contributed by atoms with van der Waals surface area (Å²) in [4.78, 5) is 14.6. The van der Waals surface area contributed by atoms with Gasteiger partial charge in [0.25, 0.3) is 0 Å². The third-order valence-corrected chi connectivity index (χ3v) is 4.93. The highest BCUT2D eigenvalue weighted by molar-refractivity contribution is 7.14. The number of carbonyl (C=O) groups excluding carboxylic acids is 1. The lowest BCUT2D eigenvalue weighted by atomic mass is 9.96. The average Bonchev–Trinajstić information content (AvgIpc) is 2.85. The van der Waals surface area contributed by atoms with E-state index in [0.717, 1.165) is 24.1 Å². The Morgan fingerprint density at radius 3 is 2.75 bits per heavy atom. The van der Waals surface area contributed by atoms with Crippen molar-refractivity contribution in [2.24, 2.45) is 5.92 Å². The summed E-state index contributed by atoms with van der Waals surface area (Å²) in [6.45, 7) is 4.35. The van der Waals surface area contributed by atoms with E-state index in [9.17, 15) is 4.79 Å². The van der Waals surface area contributed by atoms with Crippen molar-refractivity contribution in [3.8, 4) is 0 Å². The Hall–Kier alpha value is -0.630. The van der Waals surface area contributed by atoms with Crippen molar-refractivity contribution in [2.75, 3.05) is 0 Å². The van der Waals surface area contributed by atoms with Gasteiger partial charge < -0.3 is 0 Å². The van der Waals surface area contributed by atoms with E-state index in [2.05, 4.69) is 19.9 Å². The van der Waals surface area contributed by atoms with Gasteiger partial charge in [-0.15, -0.1) is 11.3 Å². The second kappa shape index (κ2) is 5.13. The first-order chi connectivity index (χ1) is 7.74. The Morgan fingerprint density at radius 1 is 1.38 bits per heavy atom. The summed E-state index contributed by atoms with van der Waals surface area (Å²) in [5, 5.41) is 0. The summed E-state index contributed by atoms with van der Waals surface area (Å²) in [5.41, 5.74) is 1.44. The molecule has 2 rings (SSSR count). The van der Waals surface area contributed by atoms with Gasteiger partial charge >= 0.3 is 0 Å². The van der Waals surface area contributed by atoms with Crippen LogP contribution in [0.2, 0.25) is 0 Å². The molecule has 0 spiro atoms. The summed E-state index contributed by atoms with van der Waals surface area (Å²) >= 11 is 1.74. The molecule has 0 fully saturated rings. The van der Waals surface area contributed by atoms with Crippen LogP contribution >= 0.6 is 11.3 Å². The number of hydrogen-bond donors (Lipinski definition) is 0. The van der Waals surface area contributed by atoms with Gasteiger partial charge in [-0.05, 0) is 36.8 Å². The molecule has 0 amide bonds. The van der Waals surface area contributed by atoms with Crippen molar-refractivity contribution in [3.63, 3.8) is 0 Å². The quantitative estimate of drug-likeness (QED) is 0.699. The molecule has 0 radical (unpaired) electrons.